The van der Waals surface area contributed by atoms with Gasteiger partial charge in [0.2, 0.25) is 17.8 Å². The first-order chi connectivity index (χ1) is 17.4. The van der Waals surface area contributed by atoms with Gasteiger partial charge in [0.1, 0.15) is 5.75 Å². The van der Waals surface area contributed by atoms with Crippen LogP contribution in [0.1, 0.15) is 31.7 Å². The Bertz CT molecular complexity index is 1350. The van der Waals surface area contributed by atoms with E-state index >= 15 is 0 Å². The molecule has 188 valence electrons. The molecule has 0 atom stereocenters. The van der Waals surface area contributed by atoms with E-state index in [0.717, 1.165) is 11.3 Å². The summed E-state index contributed by atoms with van der Waals surface area (Å²) in [6, 6.07) is 14.6. The van der Waals surface area contributed by atoms with Gasteiger partial charge < -0.3 is 19.7 Å². The predicted octanol–water partition coefficient (Wildman–Crippen LogP) is 4.34. The van der Waals surface area contributed by atoms with Crippen molar-refractivity contribution >= 4 is 22.9 Å². The maximum atomic E-state index is 14.1. The molecule has 11 heteroatoms. The summed E-state index contributed by atoms with van der Waals surface area (Å²) in [4.78, 5) is 19.9. The number of hydrogen-bond donors (Lipinski definition) is 1. The smallest absolute Gasteiger partial charge is 0.296 e. The molecule has 3 heterocycles. The van der Waals surface area contributed by atoms with Gasteiger partial charge in [0.05, 0.1) is 36.9 Å². The van der Waals surface area contributed by atoms with Crippen molar-refractivity contribution in [3.63, 3.8) is 0 Å². The fraction of sp³-hybridized carbons (Fsp3) is 0.360. The summed E-state index contributed by atoms with van der Waals surface area (Å²) < 4.78 is 40.1. The number of nitrogens with zero attached hydrogens (tertiary/aromatic N) is 6. The fourth-order valence-corrected chi connectivity index (χ4v) is 4.18. The molecule has 36 heavy (non-hydrogen) atoms. The highest BCUT2D eigenvalue weighted by molar-refractivity contribution is 5.77. The Morgan fingerprint density at radius 1 is 0.944 bits per heavy atom. The van der Waals surface area contributed by atoms with E-state index in [9.17, 15) is 8.78 Å². The van der Waals surface area contributed by atoms with Gasteiger partial charge in [-0.3, -0.25) is 4.57 Å². The Hall–Kier alpha value is -3.86. The second kappa shape index (κ2) is 9.65. The van der Waals surface area contributed by atoms with Gasteiger partial charge in [-0.2, -0.15) is 15.0 Å². The number of anilines is 2. The molecule has 0 spiro atoms. The normalized spacial score (nSPS) is 14.4. The monoisotopic (exact) mass is 495 g/mol. The van der Waals surface area contributed by atoms with Crippen LogP contribution in [0.5, 0.6) is 5.75 Å². The van der Waals surface area contributed by atoms with E-state index in [1.54, 1.807) is 31.4 Å². The van der Waals surface area contributed by atoms with Gasteiger partial charge in [-0.1, -0.05) is 24.3 Å². The minimum Gasteiger partial charge on any atom is -0.497 e. The summed E-state index contributed by atoms with van der Waals surface area (Å²) in [6.07, 6.45) is -2.81. The first kappa shape index (κ1) is 23.9. The summed E-state index contributed by atoms with van der Waals surface area (Å²) in [5.74, 6) is 1.05. The third-order valence-electron chi connectivity index (χ3n) is 6.12. The Labute approximate surface area is 207 Å². The molecule has 1 saturated heterocycles. The molecule has 2 aromatic heterocycles. The third-order valence-corrected chi connectivity index (χ3v) is 6.12. The molecule has 1 N–H and O–H groups in total. The fourth-order valence-electron chi connectivity index (χ4n) is 4.18. The zero-order valence-corrected chi connectivity index (χ0v) is 20.3. The number of imidazole rings is 1. The highest BCUT2D eigenvalue weighted by Crippen LogP contribution is 2.30. The molecular formula is C25H27F2N7O2. The number of hydrogen-bond acceptors (Lipinski definition) is 8. The quantitative estimate of drug-likeness (QED) is 0.405. The zero-order chi connectivity index (χ0) is 25.3. The number of fused-ring (bicyclic) bond motifs is 1. The lowest BCUT2D eigenvalue weighted by molar-refractivity contribution is 0.122. The van der Waals surface area contributed by atoms with Crippen LogP contribution in [0.25, 0.3) is 17.0 Å². The van der Waals surface area contributed by atoms with Gasteiger partial charge in [0.15, 0.2) is 5.82 Å². The van der Waals surface area contributed by atoms with Crippen molar-refractivity contribution in [1.82, 2.24) is 24.5 Å². The summed E-state index contributed by atoms with van der Waals surface area (Å²) >= 11 is 0. The van der Waals surface area contributed by atoms with Gasteiger partial charge >= 0.3 is 0 Å². The second-order valence-electron chi connectivity index (χ2n) is 8.93. The van der Waals surface area contributed by atoms with E-state index in [4.69, 9.17) is 9.47 Å². The van der Waals surface area contributed by atoms with E-state index in [0.29, 0.717) is 43.3 Å². The number of alkyl halides is 2. The van der Waals surface area contributed by atoms with Crippen LogP contribution in [0, 0.1) is 0 Å². The molecular weight excluding hydrogens is 468 g/mol. The Morgan fingerprint density at radius 2 is 1.64 bits per heavy atom. The topological polar surface area (TPSA) is 90.2 Å². The van der Waals surface area contributed by atoms with Gasteiger partial charge in [-0.25, -0.2) is 13.8 Å². The second-order valence-corrected chi connectivity index (χ2v) is 8.93. The molecule has 0 aliphatic carbocycles. The van der Waals surface area contributed by atoms with E-state index < -0.39 is 17.8 Å². The Morgan fingerprint density at radius 3 is 2.33 bits per heavy atom. The van der Waals surface area contributed by atoms with Crippen molar-refractivity contribution in [2.24, 2.45) is 0 Å². The van der Waals surface area contributed by atoms with E-state index in [1.807, 2.05) is 43.0 Å². The number of halogens is 2. The lowest BCUT2D eigenvalue weighted by Gasteiger charge is -2.29. The molecule has 5 rings (SSSR count). The largest absolute Gasteiger partial charge is 0.497 e. The Balaban J connectivity index is 1.61. The average molecular weight is 496 g/mol. The SMILES string of the molecule is COc1ccc(C(C)(C)Nc2nc(N3CCOCC3)nc(-n3c(C(F)F)nc4ccccc43)n2)cc1. The number of para-hydroxylation sites is 2. The van der Waals surface area contributed by atoms with Crippen molar-refractivity contribution in [3.05, 3.63) is 59.9 Å². The van der Waals surface area contributed by atoms with E-state index in [1.165, 1.54) is 4.57 Å². The number of aromatic nitrogens is 5. The average Bonchev–Trinajstić information content (AvgIpc) is 3.29. The van der Waals surface area contributed by atoms with Crippen LogP contribution < -0.4 is 15.0 Å². The highest BCUT2D eigenvalue weighted by atomic mass is 19.3. The lowest BCUT2D eigenvalue weighted by atomic mass is 9.94. The predicted molar refractivity (Wildman–Crippen MR) is 132 cm³/mol. The van der Waals surface area contributed by atoms with Gasteiger partial charge in [-0.05, 0) is 43.7 Å². The molecule has 4 aromatic rings. The number of ether oxygens (including phenoxy) is 2. The molecule has 1 aliphatic heterocycles. The molecule has 0 amide bonds. The minimum atomic E-state index is -2.81. The number of rotatable bonds is 7. The molecule has 0 unspecified atom stereocenters. The number of benzene rings is 2. The van der Waals surface area contributed by atoms with Crippen LogP contribution in [0.3, 0.4) is 0 Å². The lowest BCUT2D eigenvalue weighted by Crippen LogP contribution is -2.38. The molecule has 0 bridgehead atoms. The number of methoxy groups -OCH3 is 1. The van der Waals surface area contributed by atoms with Crippen LogP contribution in [-0.2, 0) is 10.3 Å². The molecule has 2 aromatic carbocycles. The summed E-state index contributed by atoms with van der Waals surface area (Å²) in [5, 5.41) is 3.37. The first-order valence-electron chi connectivity index (χ1n) is 11.6. The highest BCUT2D eigenvalue weighted by Gasteiger charge is 2.27. The number of morpholine rings is 1. The van der Waals surface area contributed by atoms with Crippen molar-refractivity contribution in [2.75, 3.05) is 43.6 Å². The van der Waals surface area contributed by atoms with Crippen LogP contribution in [0.4, 0.5) is 20.7 Å². The van der Waals surface area contributed by atoms with E-state index in [-0.39, 0.29) is 11.9 Å². The number of nitrogens with one attached hydrogen (secondary N) is 1. The van der Waals surface area contributed by atoms with Crippen LogP contribution >= 0.6 is 0 Å². The zero-order valence-electron chi connectivity index (χ0n) is 20.3. The molecule has 1 aliphatic rings. The first-order valence-corrected chi connectivity index (χ1v) is 11.6. The van der Waals surface area contributed by atoms with Crippen LogP contribution in [0.15, 0.2) is 48.5 Å². The van der Waals surface area contributed by atoms with E-state index in [2.05, 4.69) is 25.3 Å². The molecule has 0 saturated carbocycles. The molecule has 0 radical (unpaired) electrons. The van der Waals surface area contributed by atoms with Crippen LogP contribution in [0.2, 0.25) is 0 Å². The van der Waals surface area contributed by atoms with Gasteiger partial charge in [-0.15, -0.1) is 0 Å². The van der Waals surface area contributed by atoms with Crippen molar-refractivity contribution in [1.29, 1.82) is 0 Å². The maximum Gasteiger partial charge on any atom is 0.296 e. The van der Waals surface area contributed by atoms with Crippen LogP contribution in [-0.4, -0.2) is 57.9 Å². The summed E-state index contributed by atoms with van der Waals surface area (Å²) in [6.45, 7) is 6.19. The summed E-state index contributed by atoms with van der Waals surface area (Å²) in [5.41, 5.74) is 1.32. The molecule has 9 nitrogen and oxygen atoms in total. The van der Waals surface area contributed by atoms with Crippen molar-refractivity contribution in [2.45, 2.75) is 25.8 Å². The maximum absolute atomic E-state index is 14.1. The van der Waals surface area contributed by atoms with Gasteiger partial charge in [0.25, 0.3) is 6.43 Å². The standard InChI is InChI=1S/C25H27F2N7O2/c1-25(2,16-8-10-17(35-3)11-9-16)32-22-29-23(33-12-14-36-15-13-33)31-24(30-22)34-19-7-5-4-6-18(19)28-21(34)20(26)27/h4-11,20H,12-15H2,1-3H3,(H,29,30,31,32). The molecule has 1 fully saturated rings. The summed E-state index contributed by atoms with van der Waals surface area (Å²) in [7, 11) is 1.62. The van der Waals surface area contributed by atoms with Crippen molar-refractivity contribution < 1.29 is 18.3 Å². The minimum absolute atomic E-state index is 0.0727. The third kappa shape index (κ3) is 4.66. The Kier molecular flexibility index (Phi) is 6.40. The van der Waals surface area contributed by atoms with Crippen molar-refractivity contribution in [3.8, 4) is 11.7 Å². The van der Waals surface area contributed by atoms with Gasteiger partial charge in [0, 0.05) is 13.1 Å².